The van der Waals surface area contributed by atoms with Crippen LogP contribution in [0.2, 0.25) is 0 Å². The van der Waals surface area contributed by atoms with Crippen LogP contribution in [0.1, 0.15) is 44.6 Å². The van der Waals surface area contributed by atoms with E-state index in [9.17, 15) is 9.90 Å². The number of aliphatic hydroxyl groups is 1. The lowest BCUT2D eigenvalue weighted by atomic mass is 9.95. The van der Waals surface area contributed by atoms with Crippen molar-refractivity contribution in [1.29, 1.82) is 0 Å². The molecule has 1 saturated heterocycles. The molecule has 3 aromatic rings. The van der Waals surface area contributed by atoms with Gasteiger partial charge in [-0.2, -0.15) is 0 Å². The molecule has 5 rings (SSSR count). The van der Waals surface area contributed by atoms with Crippen molar-refractivity contribution in [3.05, 3.63) is 28.9 Å². The highest BCUT2D eigenvalue weighted by atomic mass is 32.1. The Kier molecular flexibility index (Phi) is 3.94. The van der Waals surface area contributed by atoms with Crippen LogP contribution in [0.15, 0.2) is 23.4 Å². The van der Waals surface area contributed by atoms with Gasteiger partial charge in [0.1, 0.15) is 9.53 Å². The molecule has 2 fully saturated rings. The number of pyridine rings is 1. The highest BCUT2D eigenvalue weighted by Gasteiger charge is 2.25. The Balaban J connectivity index is 1.68. The van der Waals surface area contributed by atoms with E-state index in [0.717, 1.165) is 47.2 Å². The average molecular weight is 370 g/mol. The first-order chi connectivity index (χ1) is 12.7. The van der Waals surface area contributed by atoms with Crippen LogP contribution < -0.4 is 10.5 Å². The largest absolute Gasteiger partial charge is 0.391 e. The Labute approximate surface area is 155 Å². The molecule has 6 nitrogen and oxygen atoms in total. The lowest BCUT2D eigenvalue weighted by Crippen LogP contribution is -2.26. The van der Waals surface area contributed by atoms with E-state index in [-0.39, 0.29) is 17.7 Å². The maximum atomic E-state index is 13.1. The summed E-state index contributed by atoms with van der Waals surface area (Å²) in [6.07, 6.45) is 9.77. The molecule has 0 amide bonds. The van der Waals surface area contributed by atoms with Gasteiger partial charge in [-0.3, -0.25) is 9.36 Å². The molecule has 1 atom stereocenters. The Morgan fingerprint density at radius 1 is 1.15 bits per heavy atom. The third-order valence-electron chi connectivity index (χ3n) is 5.76. The van der Waals surface area contributed by atoms with Crippen molar-refractivity contribution in [1.82, 2.24) is 14.5 Å². The first-order valence-electron chi connectivity index (χ1n) is 9.44. The van der Waals surface area contributed by atoms with Crippen molar-refractivity contribution in [2.24, 2.45) is 0 Å². The minimum atomic E-state index is -0.292. The maximum Gasteiger partial charge on any atom is 0.271 e. The van der Waals surface area contributed by atoms with Gasteiger partial charge in [0.05, 0.1) is 29.0 Å². The van der Waals surface area contributed by atoms with Gasteiger partial charge in [-0.1, -0.05) is 19.3 Å². The van der Waals surface area contributed by atoms with E-state index >= 15 is 0 Å². The van der Waals surface area contributed by atoms with Gasteiger partial charge in [-0.25, -0.2) is 9.97 Å². The lowest BCUT2D eigenvalue weighted by Gasteiger charge is -2.23. The number of aliphatic hydroxyl groups excluding tert-OH is 1. The molecular formula is C19H22N4O2S. The minimum Gasteiger partial charge on any atom is -0.391 e. The van der Waals surface area contributed by atoms with Gasteiger partial charge in [0.2, 0.25) is 0 Å². The second-order valence-electron chi connectivity index (χ2n) is 7.43. The number of thiophene rings is 1. The van der Waals surface area contributed by atoms with Crippen LogP contribution in [0, 0.1) is 0 Å². The topological polar surface area (TPSA) is 71.2 Å². The molecule has 26 heavy (non-hydrogen) atoms. The lowest BCUT2D eigenvalue weighted by molar-refractivity contribution is 0.198. The van der Waals surface area contributed by atoms with Crippen LogP contribution in [0.3, 0.4) is 0 Å². The molecule has 0 bridgehead atoms. The highest BCUT2D eigenvalue weighted by molar-refractivity contribution is 7.25. The Morgan fingerprint density at radius 2 is 2.00 bits per heavy atom. The normalized spacial score (nSPS) is 21.9. The van der Waals surface area contributed by atoms with E-state index in [4.69, 9.17) is 4.98 Å². The van der Waals surface area contributed by atoms with E-state index in [1.807, 2.05) is 10.6 Å². The van der Waals surface area contributed by atoms with E-state index in [0.29, 0.717) is 11.2 Å². The summed E-state index contributed by atoms with van der Waals surface area (Å²) in [5.74, 6) is 0. The van der Waals surface area contributed by atoms with Crippen molar-refractivity contribution in [2.75, 3.05) is 18.0 Å². The molecule has 1 aliphatic carbocycles. The fourth-order valence-electron chi connectivity index (χ4n) is 4.39. The average Bonchev–Trinajstić information content (AvgIpc) is 3.27. The molecule has 1 aliphatic heterocycles. The summed E-state index contributed by atoms with van der Waals surface area (Å²) < 4.78 is 2.55. The maximum absolute atomic E-state index is 13.1. The van der Waals surface area contributed by atoms with Crippen molar-refractivity contribution in [3.8, 4) is 0 Å². The summed E-state index contributed by atoms with van der Waals surface area (Å²) in [6, 6.07) is 2.25. The molecule has 0 unspecified atom stereocenters. The number of nitrogens with zero attached hydrogens (tertiary/aromatic N) is 4. The molecule has 0 aromatic carbocycles. The first kappa shape index (κ1) is 16.2. The predicted octanol–water partition coefficient (Wildman–Crippen LogP) is 3.08. The van der Waals surface area contributed by atoms with Crippen molar-refractivity contribution in [2.45, 2.75) is 50.7 Å². The van der Waals surface area contributed by atoms with Gasteiger partial charge in [0, 0.05) is 25.3 Å². The number of anilines is 1. The molecule has 7 heteroatoms. The molecule has 0 radical (unpaired) electrons. The van der Waals surface area contributed by atoms with Crippen molar-refractivity contribution in [3.63, 3.8) is 0 Å². The monoisotopic (exact) mass is 370 g/mol. The van der Waals surface area contributed by atoms with Crippen molar-refractivity contribution < 1.29 is 5.11 Å². The fraction of sp³-hybridized carbons (Fsp3) is 0.526. The summed E-state index contributed by atoms with van der Waals surface area (Å²) in [5.41, 5.74) is 1.85. The summed E-state index contributed by atoms with van der Waals surface area (Å²) in [4.78, 5) is 25.4. The standard InChI is InChI=1S/C19H22N4O2S/c24-13-7-9-22(10-13)14-6-8-20-18-15(14)16-17(26-18)19(25)23(11-21-16)12-4-2-1-3-5-12/h6,8,11-13,24H,1-5,7,9-10H2/t13-/m0/s1. The molecule has 2 aliphatic rings. The summed E-state index contributed by atoms with van der Waals surface area (Å²) >= 11 is 1.44. The van der Waals surface area contributed by atoms with Crippen LogP contribution in [-0.4, -0.2) is 38.8 Å². The fourth-order valence-corrected chi connectivity index (χ4v) is 5.45. The smallest absolute Gasteiger partial charge is 0.271 e. The quantitative estimate of drug-likeness (QED) is 0.751. The van der Waals surface area contributed by atoms with Crippen LogP contribution in [0.4, 0.5) is 5.69 Å². The summed E-state index contributed by atoms with van der Waals surface area (Å²) in [6.45, 7) is 1.44. The summed E-state index contributed by atoms with van der Waals surface area (Å²) in [7, 11) is 0. The molecule has 3 aromatic heterocycles. The molecule has 1 saturated carbocycles. The van der Waals surface area contributed by atoms with Gasteiger partial charge >= 0.3 is 0 Å². The second kappa shape index (κ2) is 6.32. The van der Waals surface area contributed by atoms with Gasteiger partial charge in [-0.05, 0) is 25.3 Å². The number of fused-ring (bicyclic) bond motifs is 3. The SMILES string of the molecule is O=c1c2sc3nccc(N4CC[C@H](O)C4)c3c2ncn1C1CCCCC1. The van der Waals surface area contributed by atoms with Crippen LogP contribution in [-0.2, 0) is 0 Å². The molecular weight excluding hydrogens is 348 g/mol. The van der Waals surface area contributed by atoms with E-state index in [1.54, 1.807) is 12.5 Å². The third-order valence-corrected chi connectivity index (χ3v) is 6.83. The van der Waals surface area contributed by atoms with Gasteiger partial charge in [-0.15, -0.1) is 11.3 Å². The van der Waals surface area contributed by atoms with Gasteiger partial charge < -0.3 is 10.0 Å². The number of aromatic nitrogens is 3. The zero-order chi connectivity index (χ0) is 17.7. The molecule has 0 spiro atoms. The third kappa shape index (κ3) is 2.53. The number of β-amino-alcohol motifs (C(OH)–C–C–N with tert-alkyl or cyclic N) is 1. The van der Waals surface area contributed by atoms with Crippen LogP contribution >= 0.6 is 11.3 Å². The minimum absolute atomic E-state index is 0.0670. The van der Waals surface area contributed by atoms with E-state index < -0.39 is 0 Å². The number of hydrogen-bond acceptors (Lipinski definition) is 6. The number of hydrogen-bond donors (Lipinski definition) is 1. The summed E-state index contributed by atoms with van der Waals surface area (Å²) in [5, 5.41) is 10.9. The molecule has 4 heterocycles. The zero-order valence-electron chi connectivity index (χ0n) is 14.6. The zero-order valence-corrected chi connectivity index (χ0v) is 15.4. The second-order valence-corrected chi connectivity index (χ2v) is 8.43. The van der Waals surface area contributed by atoms with E-state index in [2.05, 4.69) is 9.88 Å². The Morgan fingerprint density at radius 3 is 2.77 bits per heavy atom. The van der Waals surface area contributed by atoms with Crippen LogP contribution in [0.5, 0.6) is 0 Å². The molecule has 136 valence electrons. The molecule has 1 N–H and O–H groups in total. The predicted molar refractivity (Wildman–Crippen MR) is 104 cm³/mol. The van der Waals surface area contributed by atoms with Crippen LogP contribution in [0.25, 0.3) is 20.4 Å². The van der Waals surface area contributed by atoms with E-state index in [1.165, 1.54) is 30.6 Å². The Hall–Kier alpha value is -1.99. The van der Waals surface area contributed by atoms with Gasteiger partial charge in [0.25, 0.3) is 5.56 Å². The number of rotatable bonds is 2. The van der Waals surface area contributed by atoms with Gasteiger partial charge in [0.15, 0.2) is 0 Å². The highest BCUT2D eigenvalue weighted by Crippen LogP contribution is 2.37. The van der Waals surface area contributed by atoms with Crippen molar-refractivity contribution >= 4 is 37.5 Å². The first-order valence-corrected chi connectivity index (χ1v) is 10.3. The Bertz CT molecular complexity index is 1020.